The maximum absolute atomic E-state index is 11.0. The Morgan fingerprint density at radius 3 is 2.60 bits per heavy atom. The van der Waals surface area contributed by atoms with Crippen LogP contribution < -0.4 is 5.32 Å². The zero-order chi connectivity index (χ0) is 11.5. The van der Waals surface area contributed by atoms with Crippen molar-refractivity contribution in [1.82, 2.24) is 5.32 Å². The molecule has 0 unspecified atom stereocenters. The quantitative estimate of drug-likeness (QED) is 0.541. The molecule has 0 aliphatic heterocycles. The number of amides is 1. The summed E-state index contributed by atoms with van der Waals surface area (Å²) in [5.41, 5.74) is 0. The minimum atomic E-state index is -0.161. The van der Waals surface area contributed by atoms with E-state index in [1.54, 1.807) is 0 Å². The number of ether oxygens (including phenoxy) is 1. The zero-order valence-corrected chi connectivity index (χ0v) is 10.2. The summed E-state index contributed by atoms with van der Waals surface area (Å²) >= 11 is 1.30. The molecule has 0 aliphatic rings. The molecule has 0 aromatic rings. The maximum atomic E-state index is 11.0. The van der Waals surface area contributed by atoms with Gasteiger partial charge in [0.25, 0.3) is 5.24 Å². The van der Waals surface area contributed by atoms with Crippen molar-refractivity contribution < 1.29 is 14.3 Å². The second kappa shape index (κ2) is 9.83. The van der Waals surface area contributed by atoms with E-state index in [-0.39, 0.29) is 11.2 Å². The lowest BCUT2D eigenvalue weighted by molar-refractivity contribution is -0.140. The Hall–Kier alpha value is -0.710. The molecular weight excluding hydrogens is 214 g/mol. The predicted octanol–water partition coefficient (Wildman–Crippen LogP) is 2.18. The average Bonchev–Trinajstić information content (AvgIpc) is 2.23. The van der Waals surface area contributed by atoms with Crippen LogP contribution >= 0.6 is 11.8 Å². The molecule has 0 aromatic heterocycles. The first-order valence-corrected chi connectivity index (χ1v) is 6.16. The van der Waals surface area contributed by atoms with E-state index in [1.165, 1.54) is 18.9 Å². The molecule has 0 aromatic carbocycles. The first-order chi connectivity index (χ1) is 7.20. The van der Waals surface area contributed by atoms with Gasteiger partial charge in [0.2, 0.25) is 0 Å². The van der Waals surface area contributed by atoms with Crippen LogP contribution in [0.25, 0.3) is 0 Å². The first kappa shape index (κ1) is 14.3. The highest BCUT2D eigenvalue weighted by Crippen LogP contribution is 2.08. The van der Waals surface area contributed by atoms with Crippen LogP contribution in [0.3, 0.4) is 0 Å². The Kier molecular flexibility index (Phi) is 9.36. The molecule has 1 N–H and O–H groups in total. The number of thioether (sulfide) groups is 1. The molecule has 0 saturated heterocycles. The minimum Gasteiger partial charge on any atom is -0.469 e. The van der Waals surface area contributed by atoms with Gasteiger partial charge in [-0.2, -0.15) is 0 Å². The van der Waals surface area contributed by atoms with Crippen LogP contribution in [0.15, 0.2) is 0 Å². The number of methoxy groups -OCH3 is 1. The van der Waals surface area contributed by atoms with E-state index < -0.39 is 0 Å². The first-order valence-electron chi connectivity index (χ1n) is 5.18. The summed E-state index contributed by atoms with van der Waals surface area (Å²) < 4.78 is 4.52. The van der Waals surface area contributed by atoms with Crippen molar-refractivity contribution in [1.29, 1.82) is 0 Å². The van der Waals surface area contributed by atoms with Crippen molar-refractivity contribution in [3.05, 3.63) is 0 Å². The third-order valence-corrected chi connectivity index (χ3v) is 2.71. The van der Waals surface area contributed by atoms with Crippen LogP contribution in [0.1, 0.15) is 32.6 Å². The third kappa shape index (κ3) is 9.59. The second-order valence-corrected chi connectivity index (χ2v) is 4.12. The Morgan fingerprint density at radius 2 is 2.00 bits per heavy atom. The largest absolute Gasteiger partial charge is 0.469 e. The van der Waals surface area contributed by atoms with Gasteiger partial charge in [-0.3, -0.25) is 9.59 Å². The van der Waals surface area contributed by atoms with Gasteiger partial charge in [0, 0.05) is 18.7 Å². The molecule has 0 bridgehead atoms. The zero-order valence-electron chi connectivity index (χ0n) is 9.38. The topological polar surface area (TPSA) is 55.4 Å². The molecule has 0 fully saturated rings. The molecular formula is C10H19NO3S. The Balaban J connectivity index is 3.18. The molecule has 1 amide bonds. The number of nitrogens with one attached hydrogen (secondary N) is 1. The third-order valence-electron chi connectivity index (χ3n) is 1.81. The fraction of sp³-hybridized carbons (Fsp3) is 0.800. The summed E-state index contributed by atoms with van der Waals surface area (Å²) in [6.07, 6.45) is 3.23. The van der Waals surface area contributed by atoms with Gasteiger partial charge < -0.3 is 10.1 Å². The molecule has 4 nitrogen and oxygen atoms in total. The molecule has 0 rings (SSSR count). The van der Waals surface area contributed by atoms with Gasteiger partial charge in [-0.25, -0.2) is 0 Å². The summed E-state index contributed by atoms with van der Waals surface area (Å²) in [6.45, 7) is 2.57. The van der Waals surface area contributed by atoms with Crippen molar-refractivity contribution in [3.8, 4) is 0 Å². The number of unbranched alkanes of at least 4 members (excludes halogenated alkanes) is 2. The van der Waals surface area contributed by atoms with Crippen LogP contribution in [0.4, 0.5) is 4.79 Å². The lowest BCUT2D eigenvalue weighted by Gasteiger charge is -2.01. The number of rotatable bonds is 7. The van der Waals surface area contributed by atoms with Gasteiger partial charge in [0.15, 0.2) is 0 Å². The van der Waals surface area contributed by atoms with E-state index in [0.29, 0.717) is 13.0 Å². The van der Waals surface area contributed by atoms with Crippen LogP contribution in [-0.2, 0) is 9.53 Å². The standard InChI is InChI=1S/C10H19NO3S/c1-3-11-10(13)15-8-6-4-5-7-9(12)14-2/h3-8H2,1-2H3,(H,11,13). The smallest absolute Gasteiger partial charge is 0.305 e. The van der Waals surface area contributed by atoms with Crippen molar-refractivity contribution in [2.24, 2.45) is 0 Å². The van der Waals surface area contributed by atoms with Crippen LogP contribution in [0.2, 0.25) is 0 Å². The SMILES string of the molecule is CCNC(=O)SCCCCCC(=O)OC. The van der Waals surface area contributed by atoms with E-state index >= 15 is 0 Å². The summed E-state index contributed by atoms with van der Waals surface area (Å²) in [4.78, 5) is 21.8. The monoisotopic (exact) mass is 233 g/mol. The van der Waals surface area contributed by atoms with E-state index in [2.05, 4.69) is 10.1 Å². The summed E-state index contributed by atoms with van der Waals surface area (Å²) in [5, 5.41) is 2.75. The van der Waals surface area contributed by atoms with Crippen molar-refractivity contribution in [2.45, 2.75) is 32.6 Å². The van der Waals surface area contributed by atoms with Gasteiger partial charge >= 0.3 is 5.97 Å². The van der Waals surface area contributed by atoms with Gasteiger partial charge in [-0.1, -0.05) is 18.2 Å². The minimum absolute atomic E-state index is 0.0328. The van der Waals surface area contributed by atoms with Crippen LogP contribution in [0.5, 0.6) is 0 Å². The number of hydrogen-bond donors (Lipinski definition) is 1. The fourth-order valence-electron chi connectivity index (χ4n) is 1.01. The van der Waals surface area contributed by atoms with E-state index in [9.17, 15) is 9.59 Å². The number of carbonyl (C=O) groups excluding carboxylic acids is 2. The van der Waals surface area contributed by atoms with Gasteiger partial charge in [-0.15, -0.1) is 0 Å². The van der Waals surface area contributed by atoms with Gasteiger partial charge in [0.05, 0.1) is 7.11 Å². The lowest BCUT2D eigenvalue weighted by Crippen LogP contribution is -2.17. The van der Waals surface area contributed by atoms with Crippen LogP contribution in [0, 0.1) is 0 Å². The molecule has 0 aliphatic carbocycles. The average molecular weight is 233 g/mol. The van der Waals surface area contributed by atoms with Gasteiger partial charge in [0.1, 0.15) is 0 Å². The number of hydrogen-bond acceptors (Lipinski definition) is 4. The van der Waals surface area contributed by atoms with E-state index in [4.69, 9.17) is 0 Å². The Morgan fingerprint density at radius 1 is 1.27 bits per heavy atom. The van der Waals surface area contributed by atoms with E-state index in [1.807, 2.05) is 6.92 Å². The number of carbonyl (C=O) groups is 2. The molecule has 0 saturated carbocycles. The normalized spacial score (nSPS) is 9.73. The molecule has 5 heteroatoms. The second-order valence-electron chi connectivity index (χ2n) is 3.05. The highest BCUT2D eigenvalue weighted by molar-refractivity contribution is 8.13. The maximum Gasteiger partial charge on any atom is 0.305 e. The molecule has 0 atom stereocenters. The Bertz CT molecular complexity index is 197. The molecule has 88 valence electrons. The fourth-order valence-corrected chi connectivity index (χ4v) is 1.79. The van der Waals surface area contributed by atoms with E-state index in [0.717, 1.165) is 25.0 Å². The highest BCUT2D eigenvalue weighted by atomic mass is 32.2. The predicted molar refractivity (Wildman–Crippen MR) is 62.0 cm³/mol. The van der Waals surface area contributed by atoms with Crippen molar-refractivity contribution in [3.63, 3.8) is 0 Å². The molecule has 0 heterocycles. The van der Waals surface area contributed by atoms with Gasteiger partial charge in [-0.05, 0) is 19.8 Å². The summed E-state index contributed by atoms with van der Waals surface area (Å²) in [7, 11) is 1.40. The summed E-state index contributed by atoms with van der Waals surface area (Å²) in [5.74, 6) is 0.652. The van der Waals surface area contributed by atoms with Crippen molar-refractivity contribution >= 4 is 23.0 Å². The molecule has 15 heavy (non-hydrogen) atoms. The lowest BCUT2D eigenvalue weighted by atomic mass is 10.2. The molecule has 0 radical (unpaired) electrons. The highest BCUT2D eigenvalue weighted by Gasteiger charge is 2.01. The van der Waals surface area contributed by atoms with Crippen LogP contribution in [-0.4, -0.2) is 30.6 Å². The number of esters is 1. The Labute approximate surface area is 95.1 Å². The molecule has 0 spiro atoms. The van der Waals surface area contributed by atoms with Crippen molar-refractivity contribution in [2.75, 3.05) is 19.4 Å². The summed E-state index contributed by atoms with van der Waals surface area (Å²) in [6, 6.07) is 0.